The molecule has 1 heterocycles. The van der Waals surface area contributed by atoms with Crippen LogP contribution in [0.2, 0.25) is 0 Å². The average molecular weight is 279 g/mol. The van der Waals surface area contributed by atoms with Gasteiger partial charge in [0.15, 0.2) is 0 Å². The zero-order valence-corrected chi connectivity index (χ0v) is 13.0. The number of allylic oxidation sites excluding steroid dienone is 4. The molecule has 21 heavy (non-hydrogen) atoms. The number of terminal acetylenes is 1. The molecule has 3 nitrogen and oxygen atoms in total. The quantitative estimate of drug-likeness (QED) is 0.624. The number of hydrogen-bond donors (Lipinski definition) is 2. The summed E-state index contributed by atoms with van der Waals surface area (Å²) in [5.74, 6) is 8.64. The summed E-state index contributed by atoms with van der Waals surface area (Å²) in [6, 6.07) is 1.88. The highest BCUT2D eigenvalue weighted by Crippen LogP contribution is 1.99. The summed E-state index contributed by atoms with van der Waals surface area (Å²) in [5, 5.41) is 1.65. The van der Waals surface area contributed by atoms with Crippen LogP contribution in [0, 0.1) is 24.2 Å². The third-order valence-corrected chi connectivity index (χ3v) is 2.96. The van der Waals surface area contributed by atoms with E-state index in [9.17, 15) is 0 Å². The van der Waals surface area contributed by atoms with Crippen LogP contribution in [-0.2, 0) is 0 Å². The normalized spacial score (nSPS) is 13.7. The van der Waals surface area contributed by atoms with E-state index in [2.05, 4.69) is 22.7 Å². The van der Waals surface area contributed by atoms with Gasteiger partial charge in [-0.2, -0.15) is 0 Å². The highest BCUT2D eigenvalue weighted by atomic mass is 15.1. The molecule has 0 atom stereocenters. The molecule has 0 amide bonds. The number of H-pyrrole nitrogens is 1. The van der Waals surface area contributed by atoms with Crippen molar-refractivity contribution < 1.29 is 0 Å². The SMILES string of the molecule is C#C/C=c1/[nH]c(C#C/C(C)=C/C=C(\C)N(C)C)c/c1=C/N. The second kappa shape index (κ2) is 7.72. The molecule has 3 N–H and O–H groups in total. The van der Waals surface area contributed by atoms with Gasteiger partial charge in [-0.25, -0.2) is 0 Å². The van der Waals surface area contributed by atoms with E-state index in [1.165, 1.54) is 11.9 Å². The van der Waals surface area contributed by atoms with Crippen molar-refractivity contribution in [3.05, 3.63) is 45.8 Å². The molecule has 0 aliphatic carbocycles. The molecule has 0 saturated heterocycles. The maximum Gasteiger partial charge on any atom is 0.0908 e. The average Bonchev–Trinajstić information content (AvgIpc) is 2.85. The molecule has 0 saturated carbocycles. The van der Waals surface area contributed by atoms with Crippen LogP contribution < -0.4 is 16.3 Å². The Labute approximate surface area is 126 Å². The van der Waals surface area contributed by atoms with Gasteiger partial charge in [0.2, 0.25) is 0 Å². The fraction of sp³-hybridized carbons (Fsp3) is 0.222. The third-order valence-electron chi connectivity index (χ3n) is 2.96. The van der Waals surface area contributed by atoms with Gasteiger partial charge in [0.1, 0.15) is 0 Å². The van der Waals surface area contributed by atoms with Crippen molar-refractivity contribution in [2.24, 2.45) is 5.73 Å². The van der Waals surface area contributed by atoms with E-state index in [1.54, 1.807) is 6.08 Å². The van der Waals surface area contributed by atoms with Gasteiger partial charge in [0.25, 0.3) is 0 Å². The Hall–Kier alpha value is -2.78. The first-order chi connectivity index (χ1) is 9.97. The van der Waals surface area contributed by atoms with Crippen LogP contribution in [0.4, 0.5) is 0 Å². The number of nitrogens with one attached hydrogen (secondary N) is 1. The minimum Gasteiger partial charge on any atom is -0.404 e. The van der Waals surface area contributed by atoms with E-state index in [0.29, 0.717) is 0 Å². The first-order valence-corrected chi connectivity index (χ1v) is 6.59. The van der Waals surface area contributed by atoms with E-state index < -0.39 is 0 Å². The number of hydrogen-bond acceptors (Lipinski definition) is 2. The topological polar surface area (TPSA) is 45.0 Å². The zero-order valence-electron chi connectivity index (χ0n) is 13.0. The first kappa shape index (κ1) is 16.3. The Bertz CT molecular complexity index is 769. The molecule has 0 aliphatic heterocycles. The van der Waals surface area contributed by atoms with E-state index in [0.717, 1.165) is 21.8 Å². The van der Waals surface area contributed by atoms with Crippen molar-refractivity contribution >= 4 is 12.3 Å². The number of aromatic nitrogens is 1. The standard InChI is InChI=1S/C18H21N3/c1-6-7-18-16(13-19)12-17(20-18)11-9-14(2)8-10-15(3)21(4)5/h1,7-8,10,12-13,20H,19H2,2-5H3/b14-8+,15-10+,16-13-,18-7+. The molecule has 108 valence electrons. The van der Waals surface area contributed by atoms with Crippen LogP contribution in [0.25, 0.3) is 12.3 Å². The van der Waals surface area contributed by atoms with Crippen molar-refractivity contribution in [3.8, 4) is 24.2 Å². The highest BCUT2D eigenvalue weighted by molar-refractivity contribution is 5.45. The van der Waals surface area contributed by atoms with Gasteiger partial charge in [-0.3, -0.25) is 0 Å². The van der Waals surface area contributed by atoms with Crippen LogP contribution in [0.5, 0.6) is 0 Å². The fourth-order valence-corrected chi connectivity index (χ4v) is 1.50. The Morgan fingerprint density at radius 3 is 2.62 bits per heavy atom. The molecule has 0 unspecified atom stereocenters. The lowest BCUT2D eigenvalue weighted by Crippen LogP contribution is -2.23. The van der Waals surface area contributed by atoms with Crippen LogP contribution in [-0.4, -0.2) is 24.0 Å². The lowest BCUT2D eigenvalue weighted by molar-refractivity contribution is 0.514. The maximum atomic E-state index is 5.55. The van der Waals surface area contributed by atoms with Crippen LogP contribution >= 0.6 is 0 Å². The summed E-state index contributed by atoms with van der Waals surface area (Å²) in [5.41, 5.74) is 8.49. The summed E-state index contributed by atoms with van der Waals surface area (Å²) in [7, 11) is 4.02. The Morgan fingerprint density at radius 2 is 2.05 bits per heavy atom. The Morgan fingerprint density at radius 1 is 1.33 bits per heavy atom. The van der Waals surface area contributed by atoms with Crippen LogP contribution in [0.3, 0.4) is 0 Å². The molecule has 1 aromatic rings. The summed E-state index contributed by atoms with van der Waals surface area (Å²) < 4.78 is 0. The van der Waals surface area contributed by atoms with Gasteiger partial charge in [0, 0.05) is 37.3 Å². The molecular formula is C18H21N3. The van der Waals surface area contributed by atoms with Gasteiger partial charge in [-0.15, -0.1) is 6.42 Å². The molecular weight excluding hydrogens is 258 g/mol. The molecule has 3 heteroatoms. The number of nitrogens with zero attached hydrogens (tertiary/aromatic N) is 1. The number of rotatable bonds is 2. The molecule has 1 rings (SSSR count). The molecule has 0 spiro atoms. The van der Waals surface area contributed by atoms with Crippen LogP contribution in [0.15, 0.2) is 29.5 Å². The molecule has 0 aliphatic rings. The van der Waals surface area contributed by atoms with Gasteiger partial charge in [-0.05, 0) is 43.6 Å². The van der Waals surface area contributed by atoms with Crippen molar-refractivity contribution in [2.75, 3.05) is 14.1 Å². The molecule has 1 aromatic heterocycles. The Balaban J connectivity index is 3.04. The lowest BCUT2D eigenvalue weighted by atomic mass is 10.2. The van der Waals surface area contributed by atoms with Crippen molar-refractivity contribution in [2.45, 2.75) is 13.8 Å². The fourth-order valence-electron chi connectivity index (χ4n) is 1.50. The van der Waals surface area contributed by atoms with Gasteiger partial charge in [-0.1, -0.05) is 11.8 Å². The first-order valence-electron chi connectivity index (χ1n) is 6.59. The smallest absolute Gasteiger partial charge is 0.0908 e. The number of aromatic amines is 1. The maximum absolute atomic E-state index is 5.55. The monoisotopic (exact) mass is 279 g/mol. The largest absolute Gasteiger partial charge is 0.404 e. The summed E-state index contributed by atoms with van der Waals surface area (Å²) >= 11 is 0. The summed E-state index contributed by atoms with van der Waals surface area (Å²) in [6.07, 6.45) is 12.5. The van der Waals surface area contributed by atoms with Gasteiger partial charge >= 0.3 is 0 Å². The molecule has 0 fully saturated rings. The van der Waals surface area contributed by atoms with Crippen LogP contribution in [0.1, 0.15) is 19.5 Å². The van der Waals surface area contributed by atoms with Crippen molar-refractivity contribution in [1.82, 2.24) is 9.88 Å². The lowest BCUT2D eigenvalue weighted by Gasteiger charge is -2.10. The van der Waals surface area contributed by atoms with Gasteiger partial charge < -0.3 is 15.6 Å². The van der Waals surface area contributed by atoms with Crippen molar-refractivity contribution in [1.29, 1.82) is 0 Å². The minimum atomic E-state index is 0.786. The molecule has 0 bridgehead atoms. The van der Waals surface area contributed by atoms with Crippen molar-refractivity contribution in [3.63, 3.8) is 0 Å². The second-order valence-electron chi connectivity index (χ2n) is 4.83. The zero-order chi connectivity index (χ0) is 15.8. The van der Waals surface area contributed by atoms with E-state index in [-0.39, 0.29) is 0 Å². The summed E-state index contributed by atoms with van der Waals surface area (Å²) in [6.45, 7) is 4.02. The highest BCUT2D eigenvalue weighted by Gasteiger charge is 1.92. The van der Waals surface area contributed by atoms with Gasteiger partial charge in [0.05, 0.1) is 11.0 Å². The minimum absolute atomic E-state index is 0.786. The second-order valence-corrected chi connectivity index (χ2v) is 4.83. The predicted octanol–water partition coefficient (Wildman–Crippen LogP) is 0.888. The predicted molar refractivity (Wildman–Crippen MR) is 90.1 cm³/mol. The van der Waals surface area contributed by atoms with E-state index in [4.69, 9.17) is 12.2 Å². The summed E-state index contributed by atoms with van der Waals surface area (Å²) in [4.78, 5) is 5.19. The Kier molecular flexibility index (Phi) is 5.99. The van der Waals surface area contributed by atoms with E-state index >= 15 is 0 Å². The number of nitrogens with two attached hydrogens (primary N) is 1. The molecule has 0 radical (unpaired) electrons. The van der Waals surface area contributed by atoms with E-state index in [1.807, 2.05) is 51.1 Å². The molecule has 0 aromatic carbocycles. The third kappa shape index (κ3) is 5.01.